The van der Waals surface area contributed by atoms with Gasteiger partial charge in [0.05, 0.1) is 0 Å². The predicted molar refractivity (Wildman–Crippen MR) is 73.0 cm³/mol. The van der Waals surface area contributed by atoms with Crippen LogP contribution in [0.3, 0.4) is 0 Å². The van der Waals surface area contributed by atoms with Gasteiger partial charge in [0.15, 0.2) is 0 Å². The monoisotopic (exact) mass is 322 g/mol. The fourth-order valence-electron chi connectivity index (χ4n) is 1.06. The fourth-order valence-corrected chi connectivity index (χ4v) is 1.82. The van der Waals surface area contributed by atoms with Crippen LogP contribution in [0.2, 0.25) is 0 Å². The van der Waals surface area contributed by atoms with Crippen molar-refractivity contribution >= 4 is 59.9 Å². The maximum absolute atomic E-state index is 10.2. The van der Waals surface area contributed by atoms with Crippen LogP contribution in [-0.4, -0.2) is 55.3 Å². The van der Waals surface area contributed by atoms with Gasteiger partial charge in [-0.2, -0.15) is 0 Å². The zero-order valence-electron chi connectivity index (χ0n) is 9.93. The Hall–Kier alpha value is -0.0803. The van der Waals surface area contributed by atoms with Crippen molar-refractivity contribution in [3.63, 3.8) is 0 Å². The van der Waals surface area contributed by atoms with Gasteiger partial charge in [-0.3, -0.25) is 8.42 Å². The Bertz CT molecular complexity index is 470. The third-order valence-corrected chi connectivity index (χ3v) is 3.19. The SMILES string of the molecule is O=S([O-])c1ccccc1.O=S([O-])c1ccccc1.[Ca+2]. The second kappa shape index (κ2) is 10.7. The molecular formula is C12H10CaO4S2. The van der Waals surface area contributed by atoms with Crippen LogP contribution in [0.15, 0.2) is 70.5 Å². The molecule has 0 bridgehead atoms. The quantitative estimate of drug-likeness (QED) is 0.619. The zero-order valence-corrected chi connectivity index (χ0v) is 13.8. The molecule has 2 aromatic carbocycles. The van der Waals surface area contributed by atoms with Crippen LogP contribution < -0.4 is 0 Å². The van der Waals surface area contributed by atoms with Crippen LogP contribution >= 0.6 is 0 Å². The van der Waals surface area contributed by atoms with Gasteiger partial charge in [0.25, 0.3) is 0 Å². The summed E-state index contributed by atoms with van der Waals surface area (Å²) < 4.78 is 40.8. The predicted octanol–water partition coefficient (Wildman–Crippen LogP) is 1.47. The summed E-state index contributed by atoms with van der Waals surface area (Å²) in [6.07, 6.45) is 0. The molecule has 0 aliphatic carbocycles. The molecule has 96 valence electrons. The molecule has 0 aliphatic rings. The van der Waals surface area contributed by atoms with Crippen molar-refractivity contribution in [2.45, 2.75) is 9.79 Å². The molecule has 7 heteroatoms. The van der Waals surface area contributed by atoms with Crippen molar-refractivity contribution in [1.29, 1.82) is 0 Å². The van der Waals surface area contributed by atoms with Crippen LogP contribution in [0.25, 0.3) is 0 Å². The molecule has 19 heavy (non-hydrogen) atoms. The summed E-state index contributed by atoms with van der Waals surface area (Å²) >= 11 is -4.16. The standard InChI is InChI=1S/2C6H6O2S.Ca/c2*7-9(8)6-4-2-1-3-5-6;/h2*1-5H,(H,7,8);/q;;+2/p-2. The molecule has 0 heterocycles. The Labute approximate surface area is 146 Å². The van der Waals surface area contributed by atoms with Gasteiger partial charge in [0, 0.05) is 9.79 Å². The van der Waals surface area contributed by atoms with Crippen molar-refractivity contribution in [3.8, 4) is 0 Å². The third-order valence-electron chi connectivity index (χ3n) is 1.87. The van der Waals surface area contributed by atoms with E-state index in [4.69, 9.17) is 0 Å². The molecule has 0 amide bonds. The van der Waals surface area contributed by atoms with Crippen LogP contribution in [0.5, 0.6) is 0 Å². The minimum absolute atomic E-state index is 0. The van der Waals surface area contributed by atoms with Crippen molar-refractivity contribution in [2.75, 3.05) is 0 Å². The minimum Gasteiger partial charge on any atom is -0.768 e. The van der Waals surface area contributed by atoms with Crippen molar-refractivity contribution in [2.24, 2.45) is 0 Å². The Morgan fingerprint density at radius 3 is 1.05 bits per heavy atom. The molecule has 0 aromatic heterocycles. The molecule has 2 unspecified atom stereocenters. The van der Waals surface area contributed by atoms with Crippen LogP contribution in [0.1, 0.15) is 0 Å². The summed E-state index contributed by atoms with van der Waals surface area (Å²) in [7, 11) is 0. The molecule has 0 N–H and O–H groups in total. The average Bonchev–Trinajstić information content (AvgIpc) is 2.41. The van der Waals surface area contributed by atoms with E-state index < -0.39 is 22.2 Å². The molecule has 0 radical (unpaired) electrons. The summed E-state index contributed by atoms with van der Waals surface area (Å²) in [6.45, 7) is 0. The zero-order chi connectivity index (χ0) is 13.4. The molecule has 4 nitrogen and oxygen atoms in total. The van der Waals surface area contributed by atoms with E-state index in [1.165, 1.54) is 0 Å². The maximum Gasteiger partial charge on any atom is 2.00 e. The molecule has 0 saturated carbocycles. The second-order valence-electron chi connectivity index (χ2n) is 3.10. The number of benzene rings is 2. The fraction of sp³-hybridized carbons (Fsp3) is 0. The second-order valence-corrected chi connectivity index (χ2v) is 4.98. The Morgan fingerprint density at radius 1 is 0.632 bits per heavy atom. The first-order chi connectivity index (χ1) is 8.61. The average molecular weight is 322 g/mol. The summed E-state index contributed by atoms with van der Waals surface area (Å²) in [6, 6.07) is 16.5. The van der Waals surface area contributed by atoms with E-state index in [0.717, 1.165) is 0 Å². The topological polar surface area (TPSA) is 80.3 Å². The Balaban J connectivity index is 0.000000324. The van der Waals surface area contributed by atoms with Crippen LogP contribution in [0, 0.1) is 0 Å². The van der Waals surface area contributed by atoms with Gasteiger partial charge in [-0.15, -0.1) is 0 Å². The summed E-state index contributed by atoms with van der Waals surface area (Å²) in [5, 5.41) is 0. The van der Waals surface area contributed by atoms with Gasteiger partial charge < -0.3 is 9.11 Å². The summed E-state index contributed by atoms with van der Waals surface area (Å²) in [4.78, 5) is 0.662. The van der Waals surface area contributed by atoms with E-state index in [2.05, 4.69) is 0 Å². The number of hydrogen-bond acceptors (Lipinski definition) is 4. The largest absolute Gasteiger partial charge is 2.00 e. The van der Waals surface area contributed by atoms with Crippen LogP contribution in [-0.2, 0) is 22.2 Å². The van der Waals surface area contributed by atoms with E-state index >= 15 is 0 Å². The first kappa shape index (κ1) is 18.9. The van der Waals surface area contributed by atoms with Gasteiger partial charge >= 0.3 is 37.7 Å². The van der Waals surface area contributed by atoms with E-state index in [-0.39, 0.29) is 37.7 Å². The maximum atomic E-state index is 10.2. The summed E-state index contributed by atoms with van der Waals surface area (Å²) in [5.74, 6) is 0. The minimum atomic E-state index is -2.08. The van der Waals surface area contributed by atoms with Gasteiger partial charge in [0.1, 0.15) is 0 Å². The van der Waals surface area contributed by atoms with E-state index in [1.807, 2.05) is 0 Å². The third kappa shape index (κ3) is 7.94. The molecule has 2 atom stereocenters. The van der Waals surface area contributed by atoms with Crippen molar-refractivity contribution < 1.29 is 17.5 Å². The van der Waals surface area contributed by atoms with Crippen molar-refractivity contribution in [1.82, 2.24) is 0 Å². The molecule has 0 aliphatic heterocycles. The number of hydrogen-bond donors (Lipinski definition) is 0. The van der Waals surface area contributed by atoms with Crippen LogP contribution in [0.4, 0.5) is 0 Å². The first-order valence-electron chi connectivity index (χ1n) is 4.90. The van der Waals surface area contributed by atoms with Gasteiger partial charge in [0.2, 0.25) is 0 Å². The van der Waals surface area contributed by atoms with Gasteiger partial charge in [-0.1, -0.05) is 36.4 Å². The molecule has 2 aromatic rings. The molecular weight excluding hydrogens is 312 g/mol. The Morgan fingerprint density at radius 2 is 0.895 bits per heavy atom. The molecule has 2 rings (SSSR count). The van der Waals surface area contributed by atoms with E-state index in [1.54, 1.807) is 60.7 Å². The molecule has 0 fully saturated rings. The number of rotatable bonds is 2. The van der Waals surface area contributed by atoms with Gasteiger partial charge in [-0.05, 0) is 46.4 Å². The Kier molecular flexibility index (Phi) is 10.6. The normalized spacial score (nSPS) is 12.3. The first-order valence-corrected chi connectivity index (χ1v) is 7.05. The van der Waals surface area contributed by atoms with E-state index in [0.29, 0.717) is 9.79 Å². The smallest absolute Gasteiger partial charge is 0.768 e. The van der Waals surface area contributed by atoms with Gasteiger partial charge in [-0.25, -0.2) is 0 Å². The van der Waals surface area contributed by atoms with Crippen molar-refractivity contribution in [3.05, 3.63) is 60.7 Å². The van der Waals surface area contributed by atoms with E-state index in [9.17, 15) is 17.5 Å². The molecule has 0 saturated heterocycles. The summed E-state index contributed by atoms with van der Waals surface area (Å²) in [5.41, 5.74) is 0. The molecule has 0 spiro atoms.